The average Bonchev–Trinajstić information content (AvgIpc) is 2.34. The zero-order valence-electron chi connectivity index (χ0n) is 11.7. The van der Waals surface area contributed by atoms with Gasteiger partial charge in [0.25, 0.3) is 0 Å². The number of nitrogens with two attached hydrogens (primary N) is 1. The number of hydrogen-bond acceptors (Lipinski definition) is 3. The fraction of sp³-hybridized carbons (Fsp3) is 0.929. The van der Waals surface area contributed by atoms with Crippen molar-refractivity contribution < 1.29 is 9.53 Å². The minimum absolute atomic E-state index is 0.0291. The number of piperidine rings is 1. The van der Waals surface area contributed by atoms with Crippen LogP contribution < -0.4 is 5.73 Å². The van der Waals surface area contributed by atoms with E-state index < -0.39 is 0 Å². The Kier molecular flexibility index (Phi) is 4.28. The van der Waals surface area contributed by atoms with Gasteiger partial charge in [-0.3, -0.25) is 4.79 Å². The maximum atomic E-state index is 12.3. The molecule has 2 atom stereocenters. The van der Waals surface area contributed by atoms with Gasteiger partial charge in [0.1, 0.15) is 0 Å². The molecule has 2 unspecified atom stereocenters. The first kappa shape index (κ1) is 13.8. The molecule has 2 N–H and O–H groups in total. The molecule has 18 heavy (non-hydrogen) atoms. The second kappa shape index (κ2) is 5.57. The summed E-state index contributed by atoms with van der Waals surface area (Å²) in [4.78, 5) is 14.2. The first-order valence-corrected chi connectivity index (χ1v) is 7.14. The zero-order valence-corrected chi connectivity index (χ0v) is 11.7. The molecular formula is C14H26N2O2. The van der Waals surface area contributed by atoms with Crippen molar-refractivity contribution >= 4 is 5.91 Å². The number of ether oxygens (including phenoxy) is 1. The average molecular weight is 254 g/mol. The molecule has 2 aliphatic rings. The van der Waals surface area contributed by atoms with Crippen molar-refractivity contribution in [1.29, 1.82) is 0 Å². The summed E-state index contributed by atoms with van der Waals surface area (Å²) in [5.41, 5.74) is 6.13. The van der Waals surface area contributed by atoms with Crippen LogP contribution in [0.3, 0.4) is 0 Å². The highest BCUT2D eigenvalue weighted by molar-refractivity contribution is 5.77. The van der Waals surface area contributed by atoms with Gasteiger partial charge in [-0.25, -0.2) is 0 Å². The van der Waals surface area contributed by atoms with Crippen LogP contribution in [-0.2, 0) is 9.53 Å². The van der Waals surface area contributed by atoms with E-state index in [1.165, 1.54) is 6.42 Å². The van der Waals surface area contributed by atoms with E-state index in [1.54, 1.807) is 0 Å². The van der Waals surface area contributed by atoms with Crippen LogP contribution in [0.2, 0.25) is 0 Å². The van der Waals surface area contributed by atoms with Crippen LogP contribution in [0.15, 0.2) is 0 Å². The zero-order chi connectivity index (χ0) is 13.2. The molecule has 1 amide bonds. The van der Waals surface area contributed by atoms with Gasteiger partial charge >= 0.3 is 0 Å². The van der Waals surface area contributed by atoms with E-state index in [0.717, 1.165) is 39.0 Å². The molecule has 2 saturated heterocycles. The number of carbonyl (C=O) groups is 1. The Bertz CT molecular complexity index is 298. The Balaban J connectivity index is 1.85. The Labute approximate surface area is 110 Å². The Morgan fingerprint density at radius 3 is 2.78 bits per heavy atom. The summed E-state index contributed by atoms with van der Waals surface area (Å²) in [6, 6.07) is 0.201. The Morgan fingerprint density at radius 2 is 2.17 bits per heavy atom. The lowest BCUT2D eigenvalue weighted by molar-refractivity contribution is -0.138. The van der Waals surface area contributed by atoms with Crippen molar-refractivity contribution in [2.24, 2.45) is 11.1 Å². The van der Waals surface area contributed by atoms with E-state index in [9.17, 15) is 4.79 Å². The molecule has 0 spiro atoms. The normalized spacial score (nSPS) is 32.3. The fourth-order valence-electron chi connectivity index (χ4n) is 2.88. The fourth-order valence-corrected chi connectivity index (χ4v) is 2.88. The number of rotatable bonds is 2. The minimum Gasteiger partial charge on any atom is -0.378 e. The molecule has 4 heteroatoms. The molecule has 0 aromatic rings. The second-order valence-electron chi connectivity index (χ2n) is 6.39. The molecule has 2 fully saturated rings. The van der Waals surface area contributed by atoms with E-state index in [2.05, 4.69) is 13.8 Å². The van der Waals surface area contributed by atoms with E-state index >= 15 is 0 Å². The van der Waals surface area contributed by atoms with Gasteiger partial charge in [-0.05, 0) is 31.1 Å². The summed E-state index contributed by atoms with van der Waals surface area (Å²) in [5.74, 6) is 0.238. The number of hydrogen-bond donors (Lipinski definition) is 1. The van der Waals surface area contributed by atoms with Gasteiger partial charge in [0, 0.05) is 25.7 Å². The molecule has 0 radical (unpaired) electrons. The third kappa shape index (κ3) is 3.23. The third-order valence-corrected chi connectivity index (χ3v) is 4.34. The van der Waals surface area contributed by atoms with Crippen molar-refractivity contribution in [3.8, 4) is 0 Å². The summed E-state index contributed by atoms with van der Waals surface area (Å²) in [7, 11) is 0. The van der Waals surface area contributed by atoms with Gasteiger partial charge in [0.2, 0.25) is 5.91 Å². The molecule has 104 valence electrons. The molecule has 0 saturated carbocycles. The van der Waals surface area contributed by atoms with Crippen LogP contribution in [0.4, 0.5) is 0 Å². The predicted octanol–water partition coefficient (Wildman–Crippen LogP) is 1.53. The molecule has 2 heterocycles. The molecule has 2 rings (SSSR count). The minimum atomic E-state index is 0.0291. The van der Waals surface area contributed by atoms with Gasteiger partial charge in [-0.1, -0.05) is 13.8 Å². The molecular weight excluding hydrogens is 228 g/mol. The summed E-state index contributed by atoms with van der Waals surface area (Å²) < 4.78 is 5.64. The van der Waals surface area contributed by atoms with E-state index in [0.29, 0.717) is 6.42 Å². The molecule has 0 aromatic carbocycles. The largest absolute Gasteiger partial charge is 0.378 e. The van der Waals surface area contributed by atoms with E-state index in [1.807, 2.05) is 4.90 Å². The maximum Gasteiger partial charge on any atom is 0.225 e. The molecule has 0 aliphatic carbocycles. The van der Waals surface area contributed by atoms with Crippen LogP contribution in [-0.4, -0.2) is 42.6 Å². The maximum absolute atomic E-state index is 12.3. The molecule has 4 nitrogen and oxygen atoms in total. The van der Waals surface area contributed by atoms with Crippen LogP contribution in [0.1, 0.15) is 46.0 Å². The van der Waals surface area contributed by atoms with Crippen LogP contribution in [0.25, 0.3) is 0 Å². The number of carbonyl (C=O) groups excluding carboxylic acids is 1. The lowest BCUT2D eigenvalue weighted by Crippen LogP contribution is -2.54. The standard InChI is InChI=1S/C14H26N2O2/c1-14(2)10-16(7-6-12(14)15)13(17)9-11-5-3-4-8-18-11/h11-12H,3-10,15H2,1-2H3. The summed E-state index contributed by atoms with van der Waals surface area (Å²) in [6.07, 6.45) is 4.95. The Morgan fingerprint density at radius 1 is 1.39 bits per heavy atom. The lowest BCUT2D eigenvalue weighted by Gasteiger charge is -2.43. The highest BCUT2D eigenvalue weighted by Gasteiger charge is 2.35. The summed E-state index contributed by atoms with van der Waals surface area (Å²) in [6.45, 7) is 6.69. The molecule has 2 aliphatic heterocycles. The van der Waals surface area contributed by atoms with Crippen molar-refractivity contribution in [3.63, 3.8) is 0 Å². The summed E-state index contributed by atoms with van der Waals surface area (Å²) >= 11 is 0. The van der Waals surface area contributed by atoms with Crippen molar-refractivity contribution in [3.05, 3.63) is 0 Å². The van der Waals surface area contributed by atoms with E-state index in [4.69, 9.17) is 10.5 Å². The van der Waals surface area contributed by atoms with E-state index in [-0.39, 0.29) is 23.5 Å². The van der Waals surface area contributed by atoms with Crippen LogP contribution >= 0.6 is 0 Å². The Hall–Kier alpha value is -0.610. The predicted molar refractivity (Wildman–Crippen MR) is 71.2 cm³/mol. The highest BCUT2D eigenvalue weighted by Crippen LogP contribution is 2.28. The smallest absolute Gasteiger partial charge is 0.225 e. The monoisotopic (exact) mass is 254 g/mol. The quantitative estimate of drug-likeness (QED) is 0.813. The SMILES string of the molecule is CC1(C)CN(C(=O)CC2CCCCO2)CCC1N. The van der Waals surface area contributed by atoms with Gasteiger partial charge in [0.15, 0.2) is 0 Å². The summed E-state index contributed by atoms with van der Waals surface area (Å²) in [5, 5.41) is 0. The van der Waals surface area contributed by atoms with Gasteiger partial charge in [0.05, 0.1) is 12.5 Å². The van der Waals surface area contributed by atoms with Crippen molar-refractivity contribution in [1.82, 2.24) is 4.90 Å². The highest BCUT2D eigenvalue weighted by atomic mass is 16.5. The van der Waals surface area contributed by atoms with Gasteiger partial charge in [-0.2, -0.15) is 0 Å². The second-order valence-corrected chi connectivity index (χ2v) is 6.39. The number of likely N-dealkylation sites (tertiary alicyclic amines) is 1. The van der Waals surface area contributed by atoms with Gasteiger partial charge < -0.3 is 15.4 Å². The first-order valence-electron chi connectivity index (χ1n) is 7.14. The number of amides is 1. The van der Waals surface area contributed by atoms with Crippen molar-refractivity contribution in [2.45, 2.75) is 58.1 Å². The van der Waals surface area contributed by atoms with Crippen molar-refractivity contribution in [2.75, 3.05) is 19.7 Å². The van der Waals surface area contributed by atoms with Crippen LogP contribution in [0.5, 0.6) is 0 Å². The molecule has 0 bridgehead atoms. The van der Waals surface area contributed by atoms with Gasteiger partial charge in [-0.15, -0.1) is 0 Å². The number of nitrogens with zero attached hydrogens (tertiary/aromatic N) is 1. The van der Waals surface area contributed by atoms with Crippen LogP contribution in [0, 0.1) is 5.41 Å². The first-order chi connectivity index (χ1) is 8.49. The molecule has 0 aromatic heterocycles. The third-order valence-electron chi connectivity index (χ3n) is 4.34. The topological polar surface area (TPSA) is 55.6 Å². The lowest BCUT2D eigenvalue weighted by atomic mass is 9.79.